The Kier molecular flexibility index (Phi) is 5.73. The minimum absolute atomic E-state index is 0.0238. The maximum Gasteiger partial charge on any atom is 0.358 e. The highest BCUT2D eigenvalue weighted by atomic mass is 32.2. The highest BCUT2D eigenvalue weighted by molar-refractivity contribution is 7.89. The number of aliphatic hydroxyl groups excluding tert-OH is 1. The lowest BCUT2D eigenvalue weighted by Gasteiger charge is -2.46. The van der Waals surface area contributed by atoms with E-state index in [0.29, 0.717) is 20.8 Å². The summed E-state index contributed by atoms with van der Waals surface area (Å²) in [6, 6.07) is 6.04. The number of esters is 2. The third kappa shape index (κ3) is 3.58. The molecule has 5 atom stereocenters. The van der Waals surface area contributed by atoms with Crippen LogP contribution < -0.4 is 0 Å². The van der Waals surface area contributed by atoms with Crippen molar-refractivity contribution in [2.45, 2.75) is 37.3 Å². The monoisotopic (exact) mass is 572 g/mol. The van der Waals surface area contributed by atoms with Crippen LogP contribution >= 0.6 is 11.3 Å². The van der Waals surface area contributed by atoms with E-state index in [1.165, 1.54) is 32.2 Å². The van der Waals surface area contributed by atoms with E-state index in [-0.39, 0.29) is 16.3 Å². The molecule has 39 heavy (non-hydrogen) atoms. The normalized spacial score (nSPS) is 25.1. The number of hydrogen-bond donors (Lipinski definition) is 1. The molecule has 0 bridgehead atoms. The van der Waals surface area contributed by atoms with Gasteiger partial charge >= 0.3 is 11.9 Å². The van der Waals surface area contributed by atoms with Crippen LogP contribution in [0.5, 0.6) is 0 Å². The van der Waals surface area contributed by atoms with Crippen molar-refractivity contribution in [3.05, 3.63) is 58.5 Å². The number of hydrogen-bond acceptors (Lipinski definition) is 10. The average molecular weight is 573 g/mol. The van der Waals surface area contributed by atoms with E-state index < -0.39 is 58.1 Å². The summed E-state index contributed by atoms with van der Waals surface area (Å²) < 4.78 is 39.2. The van der Waals surface area contributed by atoms with E-state index in [9.17, 15) is 27.9 Å². The molecule has 0 aliphatic carbocycles. The van der Waals surface area contributed by atoms with Gasteiger partial charge in [-0.05, 0) is 13.0 Å². The van der Waals surface area contributed by atoms with Crippen LogP contribution in [-0.2, 0) is 29.1 Å². The van der Waals surface area contributed by atoms with Crippen molar-refractivity contribution in [1.82, 2.24) is 18.6 Å². The van der Waals surface area contributed by atoms with Crippen molar-refractivity contribution >= 4 is 49.6 Å². The van der Waals surface area contributed by atoms with Crippen molar-refractivity contribution in [1.29, 1.82) is 0 Å². The molecule has 6 rings (SSSR count). The fraction of sp³-hybridized carbons (Fsp3) is 0.360. The fourth-order valence-corrected chi connectivity index (χ4v) is 7.89. The molecule has 1 fully saturated rings. The van der Waals surface area contributed by atoms with E-state index >= 15 is 0 Å². The summed E-state index contributed by atoms with van der Waals surface area (Å²) in [5, 5.41) is 10.2. The van der Waals surface area contributed by atoms with Crippen molar-refractivity contribution in [2.24, 2.45) is 11.8 Å². The maximum absolute atomic E-state index is 13.7. The number of cyclic esters (lactones) is 1. The summed E-state index contributed by atoms with van der Waals surface area (Å²) in [7, 11) is -1.03. The Morgan fingerprint density at radius 3 is 2.67 bits per heavy atom. The molecule has 0 radical (unpaired) electrons. The number of fused-ring (bicyclic) bond motifs is 3. The lowest BCUT2D eigenvalue weighted by atomic mass is 9.77. The summed E-state index contributed by atoms with van der Waals surface area (Å²) in [6.45, 7) is 3.36. The van der Waals surface area contributed by atoms with E-state index in [2.05, 4.69) is 4.98 Å². The molecule has 2 aromatic heterocycles. The van der Waals surface area contributed by atoms with Crippen LogP contribution in [0.2, 0.25) is 0 Å². The smallest absolute Gasteiger partial charge is 0.358 e. The Morgan fingerprint density at radius 1 is 1.26 bits per heavy atom. The molecule has 3 aliphatic rings. The average Bonchev–Trinajstić information content (AvgIpc) is 3.59. The van der Waals surface area contributed by atoms with Crippen LogP contribution in [0.4, 0.5) is 0 Å². The first-order valence-electron chi connectivity index (χ1n) is 12.1. The lowest BCUT2D eigenvalue weighted by Crippen LogP contribution is -2.63. The molecule has 5 heterocycles. The number of imidazole rings is 1. The Bertz CT molecular complexity index is 1700. The molecule has 3 aliphatic heterocycles. The van der Waals surface area contributed by atoms with Crippen LogP contribution in [-0.4, -0.2) is 76.2 Å². The molecule has 1 aromatic carbocycles. The second-order valence-electron chi connectivity index (χ2n) is 9.89. The number of aliphatic hydroxyl groups is 1. The topological polar surface area (TPSA) is 148 Å². The molecule has 2 unspecified atom stereocenters. The predicted octanol–water partition coefficient (Wildman–Crippen LogP) is 1.63. The molecular formula is C25H24N4O8S2. The summed E-state index contributed by atoms with van der Waals surface area (Å²) in [5.74, 6) is -3.03. The van der Waals surface area contributed by atoms with Crippen LogP contribution in [0, 0.1) is 11.8 Å². The van der Waals surface area contributed by atoms with E-state index in [0.717, 1.165) is 15.6 Å². The molecule has 1 saturated heterocycles. The number of sulfonamides is 1. The summed E-state index contributed by atoms with van der Waals surface area (Å²) in [4.78, 5) is 45.4. The van der Waals surface area contributed by atoms with E-state index in [1.807, 2.05) is 6.92 Å². The van der Waals surface area contributed by atoms with E-state index in [1.54, 1.807) is 34.9 Å². The van der Waals surface area contributed by atoms with Gasteiger partial charge in [-0.25, -0.2) is 27.3 Å². The number of benzene rings is 1. The quantitative estimate of drug-likeness (QED) is 0.344. The predicted molar refractivity (Wildman–Crippen MR) is 137 cm³/mol. The van der Waals surface area contributed by atoms with Crippen molar-refractivity contribution in [3.8, 4) is 0 Å². The Morgan fingerprint density at radius 2 is 1.97 bits per heavy atom. The molecule has 3 aromatic rings. The van der Waals surface area contributed by atoms with Crippen LogP contribution in [0.3, 0.4) is 0 Å². The van der Waals surface area contributed by atoms with Crippen molar-refractivity contribution in [2.75, 3.05) is 14.1 Å². The largest absolute Gasteiger partial charge is 0.417 e. The standard InChI is InChI=1S/C25H24N4O8S2/c1-11-16(15-9-28-10-26-20(22(28)38-15)39(34,35)27(3)4)19(29-18(11)17(12(2)30)21(29)31)24(33)37-25-14-8-6-5-7-13(14)23(32)36-25/h5-12,17-18,25,30H,1-4H3/t11?,12-,17-,18+,25?/m1/s1. The number of rotatable bonds is 6. The second-order valence-corrected chi connectivity index (χ2v) is 13.0. The number of aromatic nitrogens is 2. The zero-order chi connectivity index (χ0) is 28.0. The summed E-state index contributed by atoms with van der Waals surface area (Å²) in [6.07, 6.45) is 0.797. The highest BCUT2D eigenvalue weighted by Crippen LogP contribution is 2.52. The van der Waals surface area contributed by atoms with Gasteiger partial charge in [0.15, 0.2) is 0 Å². The lowest BCUT2D eigenvalue weighted by molar-refractivity contribution is -0.173. The minimum atomic E-state index is -3.84. The highest BCUT2D eigenvalue weighted by Gasteiger charge is 2.60. The fourth-order valence-electron chi connectivity index (χ4n) is 5.49. The third-order valence-corrected chi connectivity index (χ3v) is 10.4. The maximum atomic E-state index is 13.7. The van der Waals surface area contributed by atoms with Gasteiger partial charge in [0, 0.05) is 37.3 Å². The molecule has 0 spiro atoms. The number of ether oxygens (including phenoxy) is 2. The SMILES string of the molecule is CC1C(c2cn3cnc(S(=O)(=O)N(C)C)c3s2)=C(C(=O)OC2OC(=O)c3ccccc32)N2C(=O)[C@H]([C@@H](C)O)[C@H]12. The molecule has 1 amide bonds. The van der Waals surface area contributed by atoms with Crippen molar-refractivity contribution in [3.63, 3.8) is 0 Å². The number of thiazole rings is 1. The molecule has 12 nitrogen and oxygen atoms in total. The zero-order valence-corrected chi connectivity index (χ0v) is 22.9. The molecular weight excluding hydrogens is 548 g/mol. The Hall–Kier alpha value is -3.59. The van der Waals surface area contributed by atoms with Gasteiger partial charge in [-0.2, -0.15) is 0 Å². The van der Waals surface area contributed by atoms with Gasteiger partial charge in [-0.15, -0.1) is 11.3 Å². The van der Waals surface area contributed by atoms with Gasteiger partial charge in [0.05, 0.1) is 28.5 Å². The van der Waals surface area contributed by atoms with E-state index in [4.69, 9.17) is 9.47 Å². The molecule has 204 valence electrons. The van der Waals surface area contributed by atoms with Gasteiger partial charge in [0.1, 0.15) is 16.9 Å². The van der Waals surface area contributed by atoms with Crippen LogP contribution in [0.1, 0.15) is 40.9 Å². The molecule has 14 heteroatoms. The van der Waals surface area contributed by atoms with Crippen molar-refractivity contribution < 1.29 is 37.4 Å². The van der Waals surface area contributed by atoms with Gasteiger partial charge in [0.25, 0.3) is 16.3 Å². The number of carbonyl (C=O) groups is 3. The minimum Gasteiger partial charge on any atom is -0.417 e. The Balaban J connectivity index is 1.45. The number of β-lactam (4-membered cyclic amide) rings is 1. The summed E-state index contributed by atoms with van der Waals surface area (Å²) in [5.41, 5.74) is 1.13. The first-order chi connectivity index (χ1) is 18.4. The van der Waals surface area contributed by atoms with Gasteiger partial charge in [-0.1, -0.05) is 25.1 Å². The van der Waals surface area contributed by atoms with Gasteiger partial charge < -0.3 is 19.5 Å². The first-order valence-corrected chi connectivity index (χ1v) is 14.3. The number of carbonyl (C=O) groups excluding carboxylic acids is 3. The van der Waals surface area contributed by atoms with Crippen LogP contribution in [0.25, 0.3) is 10.4 Å². The number of nitrogens with zero attached hydrogens (tertiary/aromatic N) is 4. The van der Waals surface area contributed by atoms with Gasteiger partial charge in [0.2, 0.25) is 10.9 Å². The van der Waals surface area contributed by atoms with Crippen LogP contribution in [0.15, 0.2) is 47.5 Å². The Labute approximate surface area is 227 Å². The molecule has 0 saturated carbocycles. The first kappa shape index (κ1) is 25.7. The zero-order valence-electron chi connectivity index (χ0n) is 21.3. The van der Waals surface area contributed by atoms with Gasteiger partial charge in [-0.3, -0.25) is 9.20 Å². The number of amides is 1. The third-order valence-electron chi connectivity index (χ3n) is 7.40. The summed E-state index contributed by atoms with van der Waals surface area (Å²) >= 11 is 1.11. The second kappa shape index (κ2) is 8.71. The molecule has 1 N–H and O–H groups in total.